The van der Waals surface area contributed by atoms with Gasteiger partial charge in [-0.3, -0.25) is 33.6 Å². The van der Waals surface area contributed by atoms with E-state index >= 15 is 0 Å². The van der Waals surface area contributed by atoms with Crippen LogP contribution in [0, 0.1) is 11.8 Å². The van der Waals surface area contributed by atoms with Crippen molar-refractivity contribution in [3.05, 3.63) is 0 Å². The second-order valence-electron chi connectivity index (χ2n) is 12.2. The first-order valence-corrected chi connectivity index (χ1v) is 16.0. The van der Waals surface area contributed by atoms with E-state index in [1.807, 2.05) is 0 Å². The quantitative estimate of drug-likeness (QED) is 0.0484. The number of unbranched alkanes of at least 4 members (excludes halogenated alkanes) is 1. The summed E-state index contributed by atoms with van der Waals surface area (Å²) in [6.45, 7) is 8.63. The third-order valence-electron chi connectivity index (χ3n) is 7.49. The Morgan fingerprint density at radius 3 is 1.75 bits per heavy atom. The van der Waals surface area contributed by atoms with Gasteiger partial charge in [0.2, 0.25) is 35.4 Å². The molecule has 274 valence electrons. The number of nitrogens with one attached hydrogen (secondary N) is 5. The Labute approximate surface area is 280 Å². The normalized spacial score (nSPS) is 15.4. The molecule has 0 aromatic heterocycles. The van der Waals surface area contributed by atoms with Crippen molar-refractivity contribution in [1.82, 2.24) is 26.6 Å². The molecule has 0 rings (SSSR count). The third kappa shape index (κ3) is 17.0. The summed E-state index contributed by atoms with van der Waals surface area (Å²) >= 11 is 0. The molecule has 6 amide bonds. The van der Waals surface area contributed by atoms with Crippen molar-refractivity contribution >= 4 is 47.4 Å². The van der Waals surface area contributed by atoms with Crippen LogP contribution in [0.25, 0.3) is 0 Å². The van der Waals surface area contributed by atoms with Gasteiger partial charge >= 0.3 is 11.9 Å². The molecule has 0 heterocycles. The molecule has 0 aliphatic carbocycles. The Bertz CT molecular complexity index is 1130. The molecular formula is C30H54N8O10. The summed E-state index contributed by atoms with van der Waals surface area (Å²) in [6.07, 6.45) is 0.435. The molecule has 13 N–H and O–H groups in total. The van der Waals surface area contributed by atoms with E-state index < -0.39 is 96.0 Å². The fourth-order valence-electron chi connectivity index (χ4n) is 4.45. The summed E-state index contributed by atoms with van der Waals surface area (Å²) in [5.74, 6) is -8.12. The van der Waals surface area contributed by atoms with Crippen LogP contribution >= 0.6 is 0 Å². The van der Waals surface area contributed by atoms with E-state index in [1.165, 1.54) is 6.92 Å². The summed E-state index contributed by atoms with van der Waals surface area (Å²) < 4.78 is 0. The number of amides is 6. The molecule has 0 spiro atoms. The van der Waals surface area contributed by atoms with E-state index in [-0.39, 0.29) is 31.6 Å². The van der Waals surface area contributed by atoms with E-state index in [0.29, 0.717) is 25.8 Å². The highest BCUT2D eigenvalue weighted by atomic mass is 16.4. The third-order valence-corrected chi connectivity index (χ3v) is 7.49. The molecule has 0 unspecified atom stereocenters. The number of carboxylic acids is 2. The number of nitrogens with two attached hydrogens (primary N) is 3. The van der Waals surface area contributed by atoms with Crippen LogP contribution in [0.15, 0.2) is 0 Å². The number of primary amides is 1. The molecule has 0 saturated heterocycles. The molecule has 0 saturated carbocycles. The zero-order chi connectivity index (χ0) is 37.1. The molecule has 0 fully saturated rings. The van der Waals surface area contributed by atoms with Gasteiger partial charge in [0.15, 0.2) is 0 Å². The number of carbonyl (C=O) groups is 8. The minimum Gasteiger partial charge on any atom is -0.481 e. The maximum atomic E-state index is 13.4. The van der Waals surface area contributed by atoms with Gasteiger partial charge in [-0.1, -0.05) is 34.1 Å². The second kappa shape index (κ2) is 22.3. The van der Waals surface area contributed by atoms with Crippen LogP contribution in [0.2, 0.25) is 0 Å². The van der Waals surface area contributed by atoms with Gasteiger partial charge in [-0.05, 0) is 57.4 Å². The maximum Gasteiger partial charge on any atom is 0.326 e. The second-order valence-corrected chi connectivity index (χ2v) is 12.2. The van der Waals surface area contributed by atoms with Gasteiger partial charge in [-0.15, -0.1) is 0 Å². The van der Waals surface area contributed by atoms with Gasteiger partial charge in [0.05, 0.1) is 12.5 Å². The van der Waals surface area contributed by atoms with Crippen molar-refractivity contribution < 1.29 is 48.6 Å². The Morgan fingerprint density at radius 1 is 0.688 bits per heavy atom. The number of aliphatic carboxylic acids is 2. The molecule has 48 heavy (non-hydrogen) atoms. The van der Waals surface area contributed by atoms with Crippen molar-refractivity contribution in [3.8, 4) is 0 Å². The topological polar surface area (TPSA) is 315 Å². The average molecular weight is 687 g/mol. The number of hydrogen-bond donors (Lipinski definition) is 10. The smallest absolute Gasteiger partial charge is 0.326 e. The van der Waals surface area contributed by atoms with Crippen molar-refractivity contribution in [3.63, 3.8) is 0 Å². The predicted molar refractivity (Wildman–Crippen MR) is 173 cm³/mol. The minimum atomic E-state index is -1.56. The van der Waals surface area contributed by atoms with E-state index in [9.17, 15) is 43.5 Å². The first-order valence-electron chi connectivity index (χ1n) is 16.0. The molecule has 18 heteroatoms. The predicted octanol–water partition coefficient (Wildman–Crippen LogP) is -2.20. The number of rotatable bonds is 24. The Morgan fingerprint density at radius 2 is 1.25 bits per heavy atom. The van der Waals surface area contributed by atoms with Crippen LogP contribution in [-0.4, -0.2) is 100 Å². The summed E-state index contributed by atoms with van der Waals surface area (Å²) in [4.78, 5) is 99.6. The fourth-order valence-corrected chi connectivity index (χ4v) is 4.45. The van der Waals surface area contributed by atoms with E-state index in [0.717, 1.165) is 0 Å². The molecular weight excluding hydrogens is 632 g/mol. The van der Waals surface area contributed by atoms with Crippen molar-refractivity contribution in [2.45, 2.75) is 122 Å². The molecule has 18 nitrogen and oxygen atoms in total. The first kappa shape index (κ1) is 43.7. The molecule has 0 aliphatic rings. The first-order chi connectivity index (χ1) is 22.3. The van der Waals surface area contributed by atoms with Crippen LogP contribution < -0.4 is 43.8 Å². The molecule has 0 aromatic rings. The maximum absolute atomic E-state index is 13.4. The van der Waals surface area contributed by atoms with Gasteiger partial charge < -0.3 is 54.0 Å². The SMILES string of the molecule is CC[C@H](C)[C@H](NC(=O)[C@H](CC(N)=O)NC(=O)[C@H](CC(C)C)NC(=O)[C@@H](N)CCC(=O)O)C(=O)N[C@@H](C)C(=O)N[C@@H](CCCCN)C(=O)O. The van der Waals surface area contributed by atoms with Gasteiger partial charge in [0.25, 0.3) is 0 Å². The van der Waals surface area contributed by atoms with Crippen LogP contribution in [0.4, 0.5) is 0 Å². The molecule has 7 atom stereocenters. The number of hydrogen-bond acceptors (Lipinski definition) is 10. The van der Waals surface area contributed by atoms with Crippen molar-refractivity contribution in [2.24, 2.45) is 29.0 Å². The molecule has 0 radical (unpaired) electrons. The van der Waals surface area contributed by atoms with Crippen molar-refractivity contribution in [1.29, 1.82) is 0 Å². The fraction of sp³-hybridized carbons (Fsp3) is 0.733. The Kier molecular flexibility index (Phi) is 20.3. The monoisotopic (exact) mass is 686 g/mol. The lowest BCUT2D eigenvalue weighted by molar-refractivity contribution is -0.142. The zero-order valence-corrected chi connectivity index (χ0v) is 28.4. The summed E-state index contributed by atoms with van der Waals surface area (Å²) in [6, 6.07) is -7.64. The van der Waals surface area contributed by atoms with Gasteiger partial charge in [0, 0.05) is 6.42 Å². The van der Waals surface area contributed by atoms with Crippen LogP contribution in [0.5, 0.6) is 0 Å². The summed E-state index contributed by atoms with van der Waals surface area (Å²) in [7, 11) is 0. The highest BCUT2D eigenvalue weighted by molar-refractivity contribution is 5.97. The minimum absolute atomic E-state index is 0.0989. The summed E-state index contributed by atoms with van der Waals surface area (Å²) in [5.41, 5.74) is 16.6. The van der Waals surface area contributed by atoms with Gasteiger partial charge in [0.1, 0.15) is 30.2 Å². The highest BCUT2D eigenvalue weighted by Gasteiger charge is 2.34. The summed E-state index contributed by atoms with van der Waals surface area (Å²) in [5, 5.41) is 30.5. The van der Waals surface area contributed by atoms with Crippen LogP contribution in [0.1, 0.15) is 86.0 Å². The largest absolute Gasteiger partial charge is 0.481 e. The number of carboxylic acid groups (broad SMARTS) is 2. The molecule has 0 aromatic carbocycles. The average Bonchev–Trinajstić information content (AvgIpc) is 2.99. The molecule has 0 bridgehead atoms. The van der Waals surface area contributed by atoms with Crippen LogP contribution in [0.3, 0.4) is 0 Å². The Hall–Kier alpha value is -4.32. The van der Waals surface area contributed by atoms with E-state index in [4.69, 9.17) is 22.3 Å². The van der Waals surface area contributed by atoms with Gasteiger partial charge in [-0.2, -0.15) is 0 Å². The van der Waals surface area contributed by atoms with E-state index in [1.54, 1.807) is 27.7 Å². The van der Waals surface area contributed by atoms with Crippen LogP contribution in [-0.2, 0) is 38.4 Å². The highest BCUT2D eigenvalue weighted by Crippen LogP contribution is 2.11. The number of carbonyl (C=O) groups excluding carboxylic acids is 6. The molecule has 0 aliphatic heterocycles. The lowest BCUT2D eigenvalue weighted by atomic mass is 9.97. The lowest BCUT2D eigenvalue weighted by Gasteiger charge is -2.28. The zero-order valence-electron chi connectivity index (χ0n) is 28.4. The van der Waals surface area contributed by atoms with Gasteiger partial charge in [-0.25, -0.2) is 4.79 Å². The Balaban J connectivity index is 5.85. The van der Waals surface area contributed by atoms with E-state index in [2.05, 4.69) is 26.6 Å². The lowest BCUT2D eigenvalue weighted by Crippen LogP contribution is -2.60. The standard InChI is InChI=1S/C30H54N8O10/c1-6-16(4)24(29(46)34-17(5)25(42)35-19(30(47)48)9-7-8-12-31)38-28(45)21(14-22(33)39)37-27(44)20(13-15(2)3)36-26(43)18(32)10-11-23(40)41/h15-21,24H,6-14,31-32H2,1-5H3,(H2,33,39)(H,34,46)(H,35,42)(H,36,43)(H,37,44)(H,38,45)(H,40,41)(H,47,48)/t16-,17-,18-,19-,20-,21-,24-/m0/s1. The van der Waals surface area contributed by atoms with Crippen molar-refractivity contribution in [2.75, 3.05) is 6.54 Å².